The number of aromatic nitrogens is 3. The van der Waals surface area contributed by atoms with Crippen LogP contribution in [-0.2, 0) is 13.1 Å². The van der Waals surface area contributed by atoms with E-state index >= 15 is 4.39 Å². The Labute approximate surface area is 263 Å². The van der Waals surface area contributed by atoms with Crippen molar-refractivity contribution < 1.29 is 23.4 Å². The molecule has 1 saturated carbocycles. The maximum absolute atomic E-state index is 15.4. The number of halogens is 4. The minimum Gasteiger partial charge on any atom is -0.480 e. The molecule has 2 aromatic heterocycles. The van der Waals surface area contributed by atoms with Crippen LogP contribution in [0.1, 0.15) is 70.6 Å². The SMILES string of the molecule is O=C(O)c1cnc2nc(CN3CCC(c4cccc5c4OC(c4ccc(Cl)cc4Cl)C=C5F)CC3)n(CC3(CF)CC3)c2c1. The molecule has 0 radical (unpaired) electrons. The first-order valence-electron chi connectivity index (χ1n) is 14.7. The van der Waals surface area contributed by atoms with Crippen molar-refractivity contribution in [2.75, 3.05) is 19.8 Å². The number of piperidine rings is 1. The van der Waals surface area contributed by atoms with Gasteiger partial charge in [-0.2, -0.15) is 0 Å². The predicted octanol–water partition coefficient (Wildman–Crippen LogP) is 8.01. The van der Waals surface area contributed by atoms with Gasteiger partial charge in [0.15, 0.2) is 5.65 Å². The maximum Gasteiger partial charge on any atom is 0.337 e. The predicted molar refractivity (Wildman–Crippen MR) is 165 cm³/mol. The number of carboxylic acid groups (broad SMARTS) is 1. The molecule has 4 aromatic rings. The van der Waals surface area contributed by atoms with Gasteiger partial charge in [0.05, 0.1) is 29.9 Å². The van der Waals surface area contributed by atoms with Gasteiger partial charge in [-0.15, -0.1) is 0 Å². The van der Waals surface area contributed by atoms with E-state index in [0.717, 1.165) is 50.2 Å². The fourth-order valence-electron chi connectivity index (χ4n) is 6.38. The van der Waals surface area contributed by atoms with E-state index in [1.54, 1.807) is 30.3 Å². The summed E-state index contributed by atoms with van der Waals surface area (Å²) in [6.45, 7) is 2.09. The van der Waals surface area contributed by atoms with Crippen molar-refractivity contribution in [1.82, 2.24) is 19.4 Å². The van der Waals surface area contributed by atoms with Gasteiger partial charge < -0.3 is 14.4 Å². The van der Waals surface area contributed by atoms with E-state index < -0.39 is 24.2 Å². The summed E-state index contributed by atoms with van der Waals surface area (Å²) in [5, 5.41) is 10.4. The van der Waals surface area contributed by atoms with E-state index in [1.807, 2.05) is 16.7 Å². The first-order valence-corrected chi connectivity index (χ1v) is 15.5. The molecule has 0 spiro atoms. The number of pyridine rings is 1. The standard InChI is InChI=1S/C33H30Cl2F2N4O3/c34-21-4-5-23(25(35)13-21)28-14-26(37)24-3-1-2-22(30(24)44-28)19-6-10-40(11-7-19)16-29-39-31-27(12-20(15-38-31)32(42)43)41(29)18-33(17-36)8-9-33/h1-5,12-15,19,28H,6-11,16-18H2,(H,42,43). The third-order valence-electron chi connectivity index (χ3n) is 9.17. The molecule has 4 heterocycles. The Kier molecular flexibility index (Phi) is 7.59. The molecule has 0 bridgehead atoms. The van der Waals surface area contributed by atoms with Crippen molar-refractivity contribution in [3.63, 3.8) is 0 Å². The summed E-state index contributed by atoms with van der Waals surface area (Å²) in [7, 11) is 0. The molecule has 1 aliphatic carbocycles. The highest BCUT2D eigenvalue weighted by Crippen LogP contribution is 2.48. The summed E-state index contributed by atoms with van der Waals surface area (Å²) >= 11 is 12.5. The number of carboxylic acids is 1. The topological polar surface area (TPSA) is 80.5 Å². The molecule has 7 nitrogen and oxygen atoms in total. The summed E-state index contributed by atoms with van der Waals surface area (Å²) < 4.78 is 37.6. The molecule has 3 aliphatic rings. The van der Waals surface area contributed by atoms with Gasteiger partial charge in [0.25, 0.3) is 0 Å². The molecule has 2 fully saturated rings. The van der Waals surface area contributed by atoms with E-state index in [1.165, 1.54) is 12.3 Å². The second-order valence-corrected chi connectivity index (χ2v) is 13.0. The molecule has 7 rings (SSSR count). The first kappa shape index (κ1) is 29.2. The van der Waals surface area contributed by atoms with Crippen LogP contribution >= 0.6 is 23.2 Å². The number of hydrogen-bond acceptors (Lipinski definition) is 5. The number of carbonyl (C=O) groups is 1. The van der Waals surface area contributed by atoms with Crippen LogP contribution in [-0.4, -0.2) is 50.3 Å². The van der Waals surface area contributed by atoms with Crippen molar-refractivity contribution in [2.24, 2.45) is 5.41 Å². The average molecular weight is 640 g/mol. The number of aromatic carboxylic acids is 1. The number of hydrogen-bond donors (Lipinski definition) is 1. The van der Waals surface area contributed by atoms with E-state index in [0.29, 0.717) is 51.2 Å². The molecule has 1 saturated heterocycles. The molecule has 2 aromatic carbocycles. The number of nitrogens with zero attached hydrogens (tertiary/aromatic N) is 4. The second-order valence-electron chi connectivity index (χ2n) is 12.1. The van der Waals surface area contributed by atoms with Crippen LogP contribution in [0.25, 0.3) is 17.0 Å². The highest BCUT2D eigenvalue weighted by molar-refractivity contribution is 6.35. The van der Waals surface area contributed by atoms with Crippen LogP contribution in [0.4, 0.5) is 8.78 Å². The molecule has 2 aliphatic heterocycles. The van der Waals surface area contributed by atoms with Gasteiger partial charge in [0.2, 0.25) is 0 Å². The number of likely N-dealkylation sites (tertiary alicyclic amines) is 1. The average Bonchev–Trinajstić information content (AvgIpc) is 3.72. The van der Waals surface area contributed by atoms with Crippen LogP contribution in [0.15, 0.2) is 54.7 Å². The Morgan fingerprint density at radius 2 is 1.91 bits per heavy atom. The number of alkyl halides is 1. The second kappa shape index (κ2) is 11.4. The van der Waals surface area contributed by atoms with Crippen LogP contribution in [0, 0.1) is 5.41 Å². The van der Waals surface area contributed by atoms with Gasteiger partial charge in [-0.3, -0.25) is 9.29 Å². The lowest BCUT2D eigenvalue weighted by Crippen LogP contribution is -2.34. The fourth-order valence-corrected chi connectivity index (χ4v) is 6.90. The lowest BCUT2D eigenvalue weighted by atomic mass is 9.86. The minimum atomic E-state index is -1.06. The number of para-hydroxylation sites is 1. The van der Waals surface area contributed by atoms with E-state index in [9.17, 15) is 14.3 Å². The summed E-state index contributed by atoms with van der Waals surface area (Å²) in [5.74, 6) is 0.0520. The molecule has 228 valence electrons. The van der Waals surface area contributed by atoms with Gasteiger partial charge in [0, 0.05) is 33.8 Å². The third-order valence-corrected chi connectivity index (χ3v) is 9.73. The molecule has 0 amide bonds. The smallest absolute Gasteiger partial charge is 0.337 e. The van der Waals surface area contributed by atoms with Gasteiger partial charge >= 0.3 is 5.97 Å². The van der Waals surface area contributed by atoms with Crippen LogP contribution < -0.4 is 4.74 Å². The number of rotatable bonds is 8. The highest BCUT2D eigenvalue weighted by atomic mass is 35.5. The Bertz CT molecular complexity index is 1800. The van der Waals surface area contributed by atoms with Crippen molar-refractivity contribution in [3.8, 4) is 5.75 Å². The van der Waals surface area contributed by atoms with Gasteiger partial charge in [-0.25, -0.2) is 19.2 Å². The summed E-state index contributed by atoms with van der Waals surface area (Å²) in [5.41, 5.74) is 2.80. The number of ether oxygens (including phenoxy) is 1. The molecule has 44 heavy (non-hydrogen) atoms. The van der Waals surface area contributed by atoms with Gasteiger partial charge in [0.1, 0.15) is 23.5 Å². The largest absolute Gasteiger partial charge is 0.480 e. The quantitative estimate of drug-likeness (QED) is 0.211. The van der Waals surface area contributed by atoms with Crippen LogP contribution in [0.5, 0.6) is 5.75 Å². The van der Waals surface area contributed by atoms with Gasteiger partial charge in [-0.05, 0) is 80.6 Å². The summed E-state index contributed by atoms with van der Waals surface area (Å²) in [6, 6.07) is 12.3. The van der Waals surface area contributed by atoms with Crippen molar-refractivity contribution in [2.45, 2.75) is 50.8 Å². The molecule has 1 unspecified atom stereocenters. The summed E-state index contributed by atoms with van der Waals surface area (Å²) in [4.78, 5) is 23.0. The van der Waals surface area contributed by atoms with Crippen LogP contribution in [0.2, 0.25) is 10.0 Å². The Balaban J connectivity index is 1.10. The van der Waals surface area contributed by atoms with Gasteiger partial charge in [-0.1, -0.05) is 41.4 Å². The van der Waals surface area contributed by atoms with Crippen molar-refractivity contribution in [3.05, 3.63) is 92.9 Å². The van der Waals surface area contributed by atoms with Crippen LogP contribution in [0.3, 0.4) is 0 Å². The zero-order valence-corrected chi connectivity index (χ0v) is 25.3. The van der Waals surface area contributed by atoms with Crippen molar-refractivity contribution in [1.29, 1.82) is 0 Å². The molecular formula is C33H30Cl2F2N4O3. The van der Waals surface area contributed by atoms with E-state index in [-0.39, 0.29) is 17.3 Å². The molecule has 1 N–H and O–H groups in total. The molecule has 1 atom stereocenters. The highest BCUT2D eigenvalue weighted by Gasteiger charge is 2.44. The monoisotopic (exact) mass is 638 g/mol. The first-order chi connectivity index (χ1) is 21.2. The third kappa shape index (κ3) is 5.46. The maximum atomic E-state index is 15.4. The Hall–Kier alpha value is -3.53. The lowest BCUT2D eigenvalue weighted by molar-refractivity contribution is 0.0696. The fraction of sp³-hybridized carbons (Fsp3) is 0.364. The van der Waals surface area contributed by atoms with E-state index in [4.69, 9.17) is 32.9 Å². The van der Waals surface area contributed by atoms with Crippen molar-refractivity contribution >= 4 is 46.2 Å². The summed E-state index contributed by atoms with van der Waals surface area (Å²) in [6.07, 6.45) is 5.33. The normalized spacial score (nSPS) is 19.8. The lowest BCUT2D eigenvalue weighted by Gasteiger charge is -2.34. The zero-order valence-electron chi connectivity index (χ0n) is 23.8. The number of imidazole rings is 1. The molecule has 11 heteroatoms. The Morgan fingerprint density at radius 1 is 1.11 bits per heavy atom. The zero-order chi connectivity index (χ0) is 30.6. The minimum absolute atomic E-state index is 0.0800. The number of benzene rings is 2. The number of fused-ring (bicyclic) bond motifs is 2. The Morgan fingerprint density at radius 3 is 2.61 bits per heavy atom. The van der Waals surface area contributed by atoms with E-state index in [2.05, 4.69) is 9.88 Å². The molecular weight excluding hydrogens is 609 g/mol.